The molecule has 3 fully saturated rings. The molecule has 0 amide bonds. The lowest BCUT2D eigenvalue weighted by atomic mass is 9.75. The van der Waals surface area contributed by atoms with Crippen LogP contribution in [-0.2, 0) is 28.4 Å². The molecule has 1 aromatic carbocycles. The molecule has 60 heavy (non-hydrogen) atoms. The lowest BCUT2D eigenvalue weighted by molar-refractivity contribution is -0.336. The largest absolute Gasteiger partial charge is 0.483 e. The summed E-state index contributed by atoms with van der Waals surface area (Å²) < 4.78 is 46.7. The highest BCUT2D eigenvalue weighted by atomic mass is 16.7. The number of benzene rings is 1. The maximum atomic E-state index is 12.8. The average Bonchev–Trinajstić information content (AvgIpc) is 3.20. The molecule has 0 unspecified atom stereocenters. The van der Waals surface area contributed by atoms with Gasteiger partial charge in [0.05, 0.1) is 54.9 Å². The van der Waals surface area contributed by atoms with Crippen molar-refractivity contribution < 1.29 is 53.6 Å². The summed E-state index contributed by atoms with van der Waals surface area (Å²) in [6.45, 7) is 22.7. The van der Waals surface area contributed by atoms with Gasteiger partial charge in [0.2, 0.25) is 0 Å². The third-order valence-electron chi connectivity index (χ3n) is 13.7. The zero-order valence-electron chi connectivity index (χ0n) is 39.0. The molecule has 1 aromatic rings. The molecule has 3 aliphatic heterocycles. The van der Waals surface area contributed by atoms with E-state index in [0.717, 1.165) is 13.0 Å². The number of likely N-dealkylation sites (N-methyl/N-ethyl adjacent to an activating group) is 1. The van der Waals surface area contributed by atoms with E-state index in [0.29, 0.717) is 31.6 Å². The fraction of sp³-hybridized carbons (Fsp3) is 0.870. The van der Waals surface area contributed by atoms with Crippen LogP contribution in [-0.4, -0.2) is 151 Å². The Morgan fingerprint density at radius 1 is 0.917 bits per heavy atom. The first-order valence-electron chi connectivity index (χ1n) is 22.6. The van der Waals surface area contributed by atoms with Crippen LogP contribution >= 0.6 is 0 Å². The molecule has 0 aromatic heterocycles. The van der Waals surface area contributed by atoms with Crippen molar-refractivity contribution in [1.29, 1.82) is 0 Å². The Bertz CT molecular complexity index is 1410. The quantitative estimate of drug-likeness (QED) is 0.141. The normalized spacial score (nSPS) is 45.4. The number of para-hydroxylation sites is 1. The number of nitrogens with one attached hydrogen (secondary N) is 3. The second-order valence-corrected chi connectivity index (χ2v) is 19.0. The first-order valence-corrected chi connectivity index (χ1v) is 22.6. The highest BCUT2D eigenvalue weighted by Gasteiger charge is 2.58. The van der Waals surface area contributed by atoms with Crippen LogP contribution in [0.25, 0.3) is 0 Å². The summed E-state index contributed by atoms with van der Waals surface area (Å²) in [6.07, 6.45) is -3.88. The van der Waals surface area contributed by atoms with Crippen LogP contribution in [0.15, 0.2) is 30.3 Å². The molecule has 3 saturated heterocycles. The zero-order chi connectivity index (χ0) is 44.6. The van der Waals surface area contributed by atoms with Gasteiger partial charge in [0.15, 0.2) is 18.7 Å². The number of ether oxygens (including phenoxy) is 7. The van der Waals surface area contributed by atoms with Gasteiger partial charge in [-0.3, -0.25) is 0 Å². The fourth-order valence-corrected chi connectivity index (χ4v) is 9.93. The molecule has 4 rings (SSSR count). The summed E-state index contributed by atoms with van der Waals surface area (Å²) in [5.74, 6) is -0.278. The van der Waals surface area contributed by atoms with Crippen molar-refractivity contribution in [2.24, 2.45) is 17.8 Å². The lowest BCUT2D eigenvalue weighted by Crippen LogP contribution is -2.70. The predicted molar refractivity (Wildman–Crippen MR) is 232 cm³/mol. The topological polar surface area (TPSA) is 182 Å². The Labute approximate surface area is 361 Å². The van der Waals surface area contributed by atoms with E-state index in [1.807, 2.05) is 92.8 Å². The Hall–Kier alpha value is -1.50. The minimum atomic E-state index is -1.57. The first kappa shape index (κ1) is 51.1. The van der Waals surface area contributed by atoms with Crippen molar-refractivity contribution in [2.45, 2.75) is 198 Å². The summed E-state index contributed by atoms with van der Waals surface area (Å²) >= 11 is 0. The van der Waals surface area contributed by atoms with Crippen LogP contribution in [0, 0.1) is 17.8 Å². The van der Waals surface area contributed by atoms with Crippen LogP contribution in [0.3, 0.4) is 0 Å². The van der Waals surface area contributed by atoms with Gasteiger partial charge in [-0.1, -0.05) is 52.8 Å². The number of hydrogen-bond acceptors (Lipinski definition) is 14. The summed E-state index contributed by atoms with van der Waals surface area (Å²) in [5.41, 5.74) is -5.42. The molecule has 348 valence electrons. The molecule has 3 aliphatic rings. The highest BCUT2D eigenvalue weighted by molar-refractivity contribution is 5.22. The molecular formula is C46H83N3O11. The predicted octanol–water partition coefficient (Wildman–Crippen LogP) is 4.15. The van der Waals surface area contributed by atoms with Gasteiger partial charge < -0.3 is 69.5 Å². The molecule has 0 aliphatic carbocycles. The van der Waals surface area contributed by atoms with Crippen LogP contribution in [0.2, 0.25) is 0 Å². The molecule has 18 atom stereocenters. The van der Waals surface area contributed by atoms with E-state index in [2.05, 4.69) is 22.9 Å². The third-order valence-corrected chi connectivity index (χ3v) is 13.7. The number of aliphatic hydroxyl groups is 4. The Balaban J connectivity index is 1.80. The van der Waals surface area contributed by atoms with Gasteiger partial charge in [-0.05, 0) is 105 Å². The van der Waals surface area contributed by atoms with E-state index in [4.69, 9.17) is 33.2 Å². The van der Waals surface area contributed by atoms with E-state index in [-0.39, 0.29) is 43.6 Å². The van der Waals surface area contributed by atoms with Crippen molar-refractivity contribution in [1.82, 2.24) is 16.0 Å². The van der Waals surface area contributed by atoms with Gasteiger partial charge in [0.25, 0.3) is 0 Å². The SMILES string of the molecule is CCCNC[C@]1(O)[C@H](C)O[C@@H](O[C@@H]2[C@H](C)[C@@H](O[C@@H]3O[C@H](C)C[C@H](NC)[C@H]3Oc3ccccc3)[C@](C)(O)C[C@@H](C)CN[C@H](C)[C@@H](O)[C@](C)(O)[C@@H](CC)OC[C@H]2C)C[C@@]1(C)OC. The number of rotatable bonds is 13. The third kappa shape index (κ3) is 12.0. The Morgan fingerprint density at radius 3 is 2.22 bits per heavy atom. The summed E-state index contributed by atoms with van der Waals surface area (Å²) in [4.78, 5) is 0. The first-order chi connectivity index (χ1) is 28.2. The van der Waals surface area contributed by atoms with Crippen LogP contribution in [0.5, 0.6) is 5.75 Å². The standard InChI is InChI=1S/C46H83N3O11/c1-14-21-48-27-46(53)33(8)57-37(24-44(46,10)54-13)59-38-29(4)26-55-36(15-2)45(11,52)40(50)32(7)49-25-28(3)23-43(9,51)41(31(38)6)60-42-39(35(47-12)22-30(5)56-42)58-34-19-17-16-18-20-34/h16-20,28-33,35-42,47-53H,14-15,21-27H2,1-13H3/t28-,29-,30-,31+,32-,33+,35+,36-,37+,38+,39-,40-,41-,42+,43-,44-,45-,46+/m1/s1. The second-order valence-electron chi connectivity index (χ2n) is 19.0. The van der Waals surface area contributed by atoms with Crippen molar-refractivity contribution >= 4 is 0 Å². The molecule has 14 nitrogen and oxygen atoms in total. The Kier molecular flexibility index (Phi) is 18.7. The van der Waals surface area contributed by atoms with Crippen LogP contribution in [0.4, 0.5) is 0 Å². The summed E-state index contributed by atoms with van der Waals surface area (Å²) in [7, 11) is 3.51. The van der Waals surface area contributed by atoms with Crippen molar-refractivity contribution in [3.8, 4) is 5.75 Å². The summed E-state index contributed by atoms with van der Waals surface area (Å²) in [5, 5.41) is 58.5. The maximum Gasteiger partial charge on any atom is 0.196 e. The lowest BCUT2D eigenvalue weighted by Gasteiger charge is -2.54. The van der Waals surface area contributed by atoms with E-state index in [1.54, 1.807) is 21.0 Å². The van der Waals surface area contributed by atoms with Gasteiger partial charge in [-0.15, -0.1) is 0 Å². The zero-order valence-corrected chi connectivity index (χ0v) is 39.0. The van der Waals surface area contributed by atoms with Crippen LogP contribution in [0.1, 0.15) is 108 Å². The molecule has 0 spiro atoms. The summed E-state index contributed by atoms with van der Waals surface area (Å²) in [6, 6.07) is 9.00. The smallest absolute Gasteiger partial charge is 0.196 e. The van der Waals surface area contributed by atoms with E-state index < -0.39 is 83.6 Å². The highest BCUT2D eigenvalue weighted by Crippen LogP contribution is 2.43. The van der Waals surface area contributed by atoms with E-state index >= 15 is 0 Å². The minimum Gasteiger partial charge on any atom is -0.483 e. The molecule has 0 radical (unpaired) electrons. The number of methoxy groups -OCH3 is 1. The fourth-order valence-electron chi connectivity index (χ4n) is 9.93. The van der Waals surface area contributed by atoms with Gasteiger partial charge >= 0.3 is 0 Å². The van der Waals surface area contributed by atoms with Gasteiger partial charge in [-0.25, -0.2) is 0 Å². The number of aliphatic hydroxyl groups excluding tert-OH is 1. The average molecular weight is 854 g/mol. The Morgan fingerprint density at radius 2 is 1.60 bits per heavy atom. The van der Waals surface area contributed by atoms with Crippen LogP contribution < -0.4 is 20.7 Å². The molecule has 14 heteroatoms. The second kappa shape index (κ2) is 21.9. The molecule has 7 N–H and O–H groups in total. The minimum absolute atomic E-state index is 0.0883. The van der Waals surface area contributed by atoms with E-state index in [1.165, 1.54) is 0 Å². The molecule has 3 heterocycles. The van der Waals surface area contributed by atoms with Gasteiger partial charge in [-0.2, -0.15) is 0 Å². The van der Waals surface area contributed by atoms with Crippen molar-refractivity contribution in [2.75, 3.05) is 40.4 Å². The monoisotopic (exact) mass is 854 g/mol. The van der Waals surface area contributed by atoms with Crippen molar-refractivity contribution in [3.05, 3.63) is 30.3 Å². The van der Waals surface area contributed by atoms with Gasteiger partial charge in [0.1, 0.15) is 22.6 Å². The van der Waals surface area contributed by atoms with Crippen molar-refractivity contribution in [3.63, 3.8) is 0 Å². The molecular weight excluding hydrogens is 771 g/mol. The van der Waals surface area contributed by atoms with Gasteiger partial charge in [0, 0.05) is 38.0 Å². The van der Waals surface area contributed by atoms with E-state index in [9.17, 15) is 20.4 Å². The molecule has 0 saturated carbocycles. The maximum absolute atomic E-state index is 12.8. The number of hydrogen-bond donors (Lipinski definition) is 7. The molecule has 0 bridgehead atoms.